The number of rotatable bonds is 8. The van der Waals surface area contributed by atoms with Crippen molar-refractivity contribution in [2.24, 2.45) is 0 Å². The smallest absolute Gasteiger partial charge is 0.123 e. The van der Waals surface area contributed by atoms with Crippen LogP contribution in [0, 0.1) is 6.92 Å². The first-order valence-electron chi connectivity index (χ1n) is 7.90. The molecule has 0 unspecified atom stereocenters. The molecule has 2 heteroatoms. The Morgan fingerprint density at radius 1 is 1.10 bits per heavy atom. The van der Waals surface area contributed by atoms with Crippen molar-refractivity contribution in [1.82, 2.24) is 5.32 Å². The summed E-state index contributed by atoms with van der Waals surface area (Å²) in [7, 11) is 0. The van der Waals surface area contributed by atoms with Crippen LogP contribution in [0.4, 0.5) is 0 Å². The summed E-state index contributed by atoms with van der Waals surface area (Å²) in [4.78, 5) is 0. The van der Waals surface area contributed by atoms with Crippen LogP contribution in [0.1, 0.15) is 58.1 Å². The Kier molecular flexibility index (Phi) is 7.08. The summed E-state index contributed by atoms with van der Waals surface area (Å²) >= 11 is 0. The van der Waals surface area contributed by atoms with Crippen molar-refractivity contribution in [2.45, 2.75) is 59.3 Å². The van der Waals surface area contributed by atoms with E-state index in [1.54, 1.807) is 0 Å². The van der Waals surface area contributed by atoms with Gasteiger partial charge < -0.3 is 10.1 Å². The monoisotopic (exact) mass is 277 g/mol. The number of hydrogen-bond acceptors (Lipinski definition) is 2. The van der Waals surface area contributed by atoms with E-state index in [9.17, 15) is 0 Å². The van der Waals surface area contributed by atoms with Gasteiger partial charge in [-0.1, -0.05) is 58.2 Å². The zero-order valence-electron chi connectivity index (χ0n) is 13.9. The van der Waals surface area contributed by atoms with Gasteiger partial charge in [0.1, 0.15) is 12.4 Å². The summed E-state index contributed by atoms with van der Waals surface area (Å²) < 4.78 is 5.96. The molecule has 0 amide bonds. The van der Waals surface area contributed by atoms with E-state index in [1.165, 1.54) is 30.4 Å². The van der Waals surface area contributed by atoms with E-state index in [2.05, 4.69) is 58.1 Å². The number of hydrogen-bond donors (Lipinski definition) is 1. The lowest BCUT2D eigenvalue weighted by Gasteiger charge is -2.23. The molecule has 0 spiro atoms. The molecule has 1 rings (SSSR count). The topological polar surface area (TPSA) is 21.3 Å². The molecular formula is C18H31NO. The summed E-state index contributed by atoms with van der Waals surface area (Å²) in [6.07, 6.45) is 3.84. The van der Waals surface area contributed by atoms with Crippen LogP contribution in [-0.2, 0) is 5.41 Å². The lowest BCUT2D eigenvalue weighted by molar-refractivity contribution is 0.305. The van der Waals surface area contributed by atoms with E-state index in [1.807, 2.05) is 0 Å². The SMILES string of the molecule is CCCCCNCCOc1ccc(C)cc1C(C)(C)C. The van der Waals surface area contributed by atoms with Crippen molar-refractivity contribution in [3.05, 3.63) is 29.3 Å². The molecule has 114 valence electrons. The molecule has 0 atom stereocenters. The second kappa shape index (κ2) is 8.31. The average molecular weight is 277 g/mol. The van der Waals surface area contributed by atoms with Crippen molar-refractivity contribution >= 4 is 0 Å². The number of ether oxygens (including phenoxy) is 1. The molecule has 0 heterocycles. The highest BCUT2D eigenvalue weighted by atomic mass is 16.5. The molecule has 1 aromatic carbocycles. The second-order valence-corrected chi connectivity index (χ2v) is 6.56. The summed E-state index contributed by atoms with van der Waals surface area (Å²) in [6, 6.07) is 6.47. The van der Waals surface area contributed by atoms with Gasteiger partial charge in [-0.3, -0.25) is 0 Å². The van der Waals surface area contributed by atoms with Crippen molar-refractivity contribution in [3.8, 4) is 5.75 Å². The molecule has 20 heavy (non-hydrogen) atoms. The molecule has 0 saturated heterocycles. The van der Waals surface area contributed by atoms with E-state index in [4.69, 9.17) is 4.74 Å². The molecule has 0 saturated carbocycles. The third-order valence-corrected chi connectivity index (χ3v) is 3.44. The van der Waals surface area contributed by atoms with E-state index >= 15 is 0 Å². The van der Waals surface area contributed by atoms with Crippen LogP contribution in [0.2, 0.25) is 0 Å². The maximum atomic E-state index is 5.96. The molecule has 2 nitrogen and oxygen atoms in total. The Balaban J connectivity index is 2.44. The lowest BCUT2D eigenvalue weighted by atomic mass is 9.85. The Hall–Kier alpha value is -1.02. The number of unbranched alkanes of at least 4 members (excludes halogenated alkanes) is 2. The molecule has 0 aliphatic heterocycles. The van der Waals surface area contributed by atoms with Crippen molar-refractivity contribution in [3.63, 3.8) is 0 Å². The zero-order chi connectivity index (χ0) is 15.0. The fourth-order valence-corrected chi connectivity index (χ4v) is 2.21. The minimum atomic E-state index is 0.121. The highest BCUT2D eigenvalue weighted by Crippen LogP contribution is 2.31. The van der Waals surface area contributed by atoms with Gasteiger partial charge in [0.2, 0.25) is 0 Å². The number of aryl methyl sites for hydroxylation is 1. The van der Waals surface area contributed by atoms with Gasteiger partial charge in [-0.25, -0.2) is 0 Å². The third kappa shape index (κ3) is 5.96. The second-order valence-electron chi connectivity index (χ2n) is 6.56. The van der Waals surface area contributed by atoms with Crippen LogP contribution < -0.4 is 10.1 Å². The summed E-state index contributed by atoms with van der Waals surface area (Å²) in [5.74, 6) is 1.03. The number of benzene rings is 1. The molecule has 0 aliphatic carbocycles. The highest BCUT2D eigenvalue weighted by molar-refractivity contribution is 5.41. The molecule has 1 N–H and O–H groups in total. The first-order chi connectivity index (χ1) is 9.45. The maximum Gasteiger partial charge on any atom is 0.123 e. The first-order valence-corrected chi connectivity index (χ1v) is 7.90. The summed E-state index contributed by atoms with van der Waals surface area (Å²) in [6.45, 7) is 13.8. The minimum Gasteiger partial charge on any atom is -0.492 e. The van der Waals surface area contributed by atoms with Gasteiger partial charge in [-0.15, -0.1) is 0 Å². The van der Waals surface area contributed by atoms with Gasteiger partial charge >= 0.3 is 0 Å². The van der Waals surface area contributed by atoms with Crippen molar-refractivity contribution in [2.75, 3.05) is 19.7 Å². The van der Waals surface area contributed by atoms with Crippen LogP contribution in [0.5, 0.6) is 5.75 Å². The van der Waals surface area contributed by atoms with Crippen LogP contribution in [0.3, 0.4) is 0 Å². The summed E-state index contributed by atoms with van der Waals surface area (Å²) in [5.41, 5.74) is 2.71. The minimum absolute atomic E-state index is 0.121. The molecule has 0 bridgehead atoms. The molecule has 0 aliphatic rings. The Bertz CT molecular complexity index is 393. The van der Waals surface area contributed by atoms with Gasteiger partial charge in [0, 0.05) is 6.54 Å². The van der Waals surface area contributed by atoms with Crippen LogP contribution in [0.15, 0.2) is 18.2 Å². The first kappa shape index (κ1) is 17.0. The Morgan fingerprint density at radius 2 is 1.85 bits per heavy atom. The average Bonchev–Trinajstić information content (AvgIpc) is 2.38. The van der Waals surface area contributed by atoms with E-state index in [0.29, 0.717) is 0 Å². The number of nitrogens with one attached hydrogen (secondary N) is 1. The normalized spacial score (nSPS) is 11.7. The largest absolute Gasteiger partial charge is 0.492 e. The highest BCUT2D eigenvalue weighted by Gasteiger charge is 2.18. The van der Waals surface area contributed by atoms with E-state index in [0.717, 1.165) is 25.4 Å². The standard InChI is InChI=1S/C18H31NO/c1-6-7-8-11-19-12-13-20-17-10-9-15(2)14-16(17)18(3,4)5/h9-10,14,19H,6-8,11-13H2,1-5H3. The molecular weight excluding hydrogens is 246 g/mol. The third-order valence-electron chi connectivity index (χ3n) is 3.44. The van der Waals surface area contributed by atoms with Crippen molar-refractivity contribution < 1.29 is 4.74 Å². The van der Waals surface area contributed by atoms with Gasteiger partial charge in [-0.05, 0) is 36.9 Å². The molecule has 0 aromatic heterocycles. The van der Waals surface area contributed by atoms with Crippen LogP contribution >= 0.6 is 0 Å². The van der Waals surface area contributed by atoms with E-state index < -0.39 is 0 Å². The quantitative estimate of drug-likeness (QED) is 0.709. The predicted molar refractivity (Wildman–Crippen MR) is 87.8 cm³/mol. The van der Waals surface area contributed by atoms with Gasteiger partial charge in [0.25, 0.3) is 0 Å². The molecule has 1 aromatic rings. The molecule has 0 fully saturated rings. The fraction of sp³-hybridized carbons (Fsp3) is 0.667. The molecule has 0 radical (unpaired) electrons. The summed E-state index contributed by atoms with van der Waals surface area (Å²) in [5, 5.41) is 3.44. The van der Waals surface area contributed by atoms with Crippen LogP contribution in [0.25, 0.3) is 0 Å². The Labute approximate surface area is 124 Å². The van der Waals surface area contributed by atoms with Gasteiger partial charge in [0.15, 0.2) is 0 Å². The van der Waals surface area contributed by atoms with Crippen LogP contribution in [-0.4, -0.2) is 19.7 Å². The predicted octanol–water partition coefficient (Wildman–Crippen LogP) is 4.45. The maximum absolute atomic E-state index is 5.96. The zero-order valence-corrected chi connectivity index (χ0v) is 13.9. The van der Waals surface area contributed by atoms with Gasteiger partial charge in [-0.2, -0.15) is 0 Å². The lowest BCUT2D eigenvalue weighted by Crippen LogP contribution is -2.23. The Morgan fingerprint density at radius 3 is 2.50 bits per heavy atom. The van der Waals surface area contributed by atoms with Gasteiger partial charge in [0.05, 0.1) is 0 Å². The van der Waals surface area contributed by atoms with E-state index in [-0.39, 0.29) is 5.41 Å². The fourth-order valence-electron chi connectivity index (χ4n) is 2.21. The van der Waals surface area contributed by atoms with Crippen molar-refractivity contribution in [1.29, 1.82) is 0 Å².